The summed E-state index contributed by atoms with van der Waals surface area (Å²) in [6, 6.07) is 0. The lowest BCUT2D eigenvalue weighted by Gasteiger charge is -2.42. The number of likely N-dealkylation sites (tertiary alicyclic amines) is 4. The molecule has 4 nitrogen and oxygen atoms in total. The summed E-state index contributed by atoms with van der Waals surface area (Å²) in [5.74, 6) is 3.69. The van der Waals surface area contributed by atoms with Crippen LogP contribution in [0.25, 0.3) is 0 Å². The van der Waals surface area contributed by atoms with Gasteiger partial charge in [-0.1, -0.05) is 0 Å². The fraction of sp³-hybridized carbons (Fsp3) is 1.00. The Balaban J connectivity index is 0.000000186. The quantitative estimate of drug-likeness (QED) is 0.485. The highest BCUT2D eigenvalue weighted by Crippen LogP contribution is 2.38. The van der Waals surface area contributed by atoms with Gasteiger partial charge in [0, 0.05) is 68.0 Å². The Labute approximate surface area is 207 Å². The predicted molar refractivity (Wildman–Crippen MR) is 144 cm³/mol. The molecule has 4 aliphatic rings. The number of piperidine rings is 1. The van der Waals surface area contributed by atoms with Gasteiger partial charge in [0.15, 0.2) is 0 Å². The van der Waals surface area contributed by atoms with Crippen LogP contribution in [0.4, 0.5) is 0 Å². The fourth-order valence-corrected chi connectivity index (χ4v) is 6.41. The third-order valence-corrected chi connectivity index (χ3v) is 9.08. The summed E-state index contributed by atoms with van der Waals surface area (Å²) < 4.78 is 0. The van der Waals surface area contributed by atoms with Crippen LogP contribution in [0.3, 0.4) is 0 Å². The van der Waals surface area contributed by atoms with Gasteiger partial charge in [-0.15, -0.1) is 0 Å². The molecular formula is C29H58N4. The van der Waals surface area contributed by atoms with Crippen LogP contribution >= 0.6 is 0 Å². The van der Waals surface area contributed by atoms with Crippen molar-refractivity contribution in [1.82, 2.24) is 19.6 Å². The Morgan fingerprint density at radius 1 is 0.364 bits per heavy atom. The molecule has 0 aromatic rings. The SMILES string of the molecule is CC(C)(C)N1CC2CN(C(C)(C)C)CC2C1.CC(C)(C)N1CCC2CN(C(C)(C)C)CC2C1. The van der Waals surface area contributed by atoms with E-state index in [2.05, 4.69) is 103 Å². The zero-order valence-electron chi connectivity index (χ0n) is 24.5. The molecule has 4 heteroatoms. The third kappa shape index (κ3) is 6.74. The first-order chi connectivity index (χ1) is 14.9. The molecule has 0 radical (unpaired) electrons. The minimum Gasteiger partial charge on any atom is -0.298 e. The average Bonchev–Trinajstić information content (AvgIpc) is 3.31. The molecule has 0 aromatic heterocycles. The Bertz CT molecular complexity index is 592. The number of rotatable bonds is 0. The first-order valence-electron chi connectivity index (χ1n) is 13.9. The van der Waals surface area contributed by atoms with E-state index in [1.165, 1.54) is 58.8 Å². The first kappa shape index (κ1) is 27.4. The van der Waals surface area contributed by atoms with Gasteiger partial charge in [0.05, 0.1) is 0 Å². The molecule has 0 aromatic carbocycles. The van der Waals surface area contributed by atoms with Gasteiger partial charge in [0.25, 0.3) is 0 Å². The summed E-state index contributed by atoms with van der Waals surface area (Å²) in [7, 11) is 0. The molecule has 33 heavy (non-hydrogen) atoms. The molecule has 194 valence electrons. The van der Waals surface area contributed by atoms with E-state index in [4.69, 9.17) is 0 Å². The molecule has 4 rings (SSSR count). The Morgan fingerprint density at radius 2 is 0.606 bits per heavy atom. The van der Waals surface area contributed by atoms with Gasteiger partial charge < -0.3 is 0 Å². The van der Waals surface area contributed by atoms with Crippen LogP contribution in [0.2, 0.25) is 0 Å². The van der Waals surface area contributed by atoms with Crippen molar-refractivity contribution in [3.8, 4) is 0 Å². The van der Waals surface area contributed by atoms with E-state index in [1.54, 1.807) is 0 Å². The lowest BCUT2D eigenvalue weighted by atomic mass is 9.86. The molecular weight excluding hydrogens is 404 g/mol. The van der Waals surface area contributed by atoms with Crippen molar-refractivity contribution in [2.45, 2.75) is 112 Å². The van der Waals surface area contributed by atoms with Gasteiger partial charge in [-0.25, -0.2) is 0 Å². The maximum Gasteiger partial charge on any atom is 0.0125 e. The van der Waals surface area contributed by atoms with Gasteiger partial charge in [-0.3, -0.25) is 19.6 Å². The van der Waals surface area contributed by atoms with Crippen molar-refractivity contribution >= 4 is 0 Å². The lowest BCUT2D eigenvalue weighted by molar-refractivity contribution is 0.0639. The van der Waals surface area contributed by atoms with Crippen LogP contribution in [-0.4, -0.2) is 94.1 Å². The van der Waals surface area contributed by atoms with E-state index in [0.29, 0.717) is 22.2 Å². The summed E-state index contributed by atoms with van der Waals surface area (Å²) in [6.45, 7) is 38.6. The van der Waals surface area contributed by atoms with Crippen molar-refractivity contribution in [3.05, 3.63) is 0 Å². The summed E-state index contributed by atoms with van der Waals surface area (Å²) in [5.41, 5.74) is 1.41. The van der Waals surface area contributed by atoms with Crippen LogP contribution in [-0.2, 0) is 0 Å². The Morgan fingerprint density at radius 3 is 0.909 bits per heavy atom. The smallest absolute Gasteiger partial charge is 0.0125 e. The summed E-state index contributed by atoms with van der Waals surface area (Å²) >= 11 is 0. The highest BCUT2D eigenvalue weighted by molar-refractivity contribution is 4.99. The molecule has 0 bridgehead atoms. The standard InChI is InChI=1S/C15H30N2.C14H28N2/c1-14(2,3)16-8-7-12-9-17(15(4,5)6)11-13(12)10-16;1-13(2,3)15-7-11-9-16(14(4,5)6)10-12(11)8-15/h12-13H,7-11H2,1-6H3;11-12H,7-10H2,1-6H3. The molecule has 2 atom stereocenters. The van der Waals surface area contributed by atoms with Crippen molar-refractivity contribution in [3.63, 3.8) is 0 Å². The van der Waals surface area contributed by atoms with Crippen molar-refractivity contribution in [2.24, 2.45) is 23.7 Å². The Kier molecular flexibility index (Phi) is 7.79. The van der Waals surface area contributed by atoms with Crippen LogP contribution in [0.1, 0.15) is 89.5 Å². The van der Waals surface area contributed by atoms with Crippen LogP contribution in [0.15, 0.2) is 0 Å². The van der Waals surface area contributed by atoms with Crippen molar-refractivity contribution in [1.29, 1.82) is 0 Å². The van der Waals surface area contributed by atoms with E-state index < -0.39 is 0 Å². The van der Waals surface area contributed by atoms with E-state index in [0.717, 1.165) is 23.7 Å². The molecule has 4 heterocycles. The average molecular weight is 463 g/mol. The lowest BCUT2D eigenvalue weighted by Crippen LogP contribution is -2.49. The monoisotopic (exact) mass is 462 g/mol. The summed E-state index contributed by atoms with van der Waals surface area (Å²) in [5, 5.41) is 0. The first-order valence-corrected chi connectivity index (χ1v) is 13.9. The van der Waals surface area contributed by atoms with E-state index >= 15 is 0 Å². The number of hydrogen-bond donors (Lipinski definition) is 0. The van der Waals surface area contributed by atoms with Crippen LogP contribution in [0, 0.1) is 23.7 Å². The highest BCUT2D eigenvalue weighted by Gasteiger charge is 2.45. The van der Waals surface area contributed by atoms with E-state index in [-0.39, 0.29) is 0 Å². The van der Waals surface area contributed by atoms with Gasteiger partial charge >= 0.3 is 0 Å². The topological polar surface area (TPSA) is 13.0 Å². The number of hydrogen-bond acceptors (Lipinski definition) is 4. The Hall–Kier alpha value is -0.160. The molecule has 0 spiro atoms. The van der Waals surface area contributed by atoms with Crippen LogP contribution < -0.4 is 0 Å². The number of nitrogens with zero attached hydrogens (tertiary/aromatic N) is 4. The minimum absolute atomic E-state index is 0.347. The van der Waals surface area contributed by atoms with Crippen molar-refractivity contribution < 1.29 is 0 Å². The largest absolute Gasteiger partial charge is 0.298 e. The van der Waals surface area contributed by atoms with Gasteiger partial charge in [0.1, 0.15) is 0 Å². The molecule has 0 saturated carbocycles. The third-order valence-electron chi connectivity index (χ3n) is 9.08. The van der Waals surface area contributed by atoms with E-state index in [1.807, 2.05) is 0 Å². The highest BCUT2D eigenvalue weighted by atomic mass is 15.3. The van der Waals surface area contributed by atoms with Gasteiger partial charge in [-0.05, 0) is 120 Å². The molecule has 0 aliphatic carbocycles. The molecule has 2 unspecified atom stereocenters. The maximum atomic E-state index is 2.69. The van der Waals surface area contributed by atoms with Gasteiger partial charge in [0.2, 0.25) is 0 Å². The molecule has 4 aliphatic heterocycles. The molecule has 0 N–H and O–H groups in total. The number of fused-ring (bicyclic) bond motifs is 2. The molecule has 0 amide bonds. The summed E-state index contributed by atoms with van der Waals surface area (Å²) in [6.07, 6.45) is 1.40. The molecule has 4 saturated heterocycles. The fourth-order valence-electron chi connectivity index (χ4n) is 6.41. The second-order valence-electron chi connectivity index (χ2n) is 15.7. The van der Waals surface area contributed by atoms with Crippen molar-refractivity contribution in [2.75, 3.05) is 52.4 Å². The second kappa shape index (κ2) is 9.37. The van der Waals surface area contributed by atoms with E-state index in [9.17, 15) is 0 Å². The van der Waals surface area contributed by atoms with Crippen LogP contribution in [0.5, 0.6) is 0 Å². The van der Waals surface area contributed by atoms with Gasteiger partial charge in [-0.2, -0.15) is 0 Å². The minimum atomic E-state index is 0.347. The maximum absolute atomic E-state index is 2.69. The zero-order chi connectivity index (χ0) is 25.0. The summed E-state index contributed by atoms with van der Waals surface area (Å²) in [4.78, 5) is 10.7. The predicted octanol–water partition coefficient (Wildman–Crippen LogP) is 5.28. The normalized spacial score (nSPS) is 33.1. The second-order valence-corrected chi connectivity index (χ2v) is 15.7. The zero-order valence-corrected chi connectivity index (χ0v) is 24.5. The molecule has 4 fully saturated rings.